The number of aromatic nitrogens is 3. The summed E-state index contributed by atoms with van der Waals surface area (Å²) in [6, 6.07) is 4.07. The second kappa shape index (κ2) is 5.60. The highest BCUT2D eigenvalue weighted by molar-refractivity contribution is 7.10. The van der Waals surface area contributed by atoms with Gasteiger partial charge < -0.3 is 10.3 Å². The van der Waals surface area contributed by atoms with Crippen LogP contribution in [0.1, 0.15) is 15.7 Å². The van der Waals surface area contributed by atoms with Gasteiger partial charge in [0.2, 0.25) is 0 Å². The molecule has 2 N–H and O–H groups in total. The van der Waals surface area contributed by atoms with E-state index in [-0.39, 0.29) is 0 Å². The summed E-state index contributed by atoms with van der Waals surface area (Å²) in [5.74, 6) is 1.16. The number of thiophene rings is 1. The largest absolute Gasteiger partial charge is 0.332 e. The van der Waals surface area contributed by atoms with Gasteiger partial charge in [0.1, 0.15) is 5.69 Å². The lowest BCUT2D eigenvalue weighted by atomic mass is 10.3. The molecule has 0 saturated heterocycles. The molecule has 0 atom stereocenters. The summed E-state index contributed by atoms with van der Waals surface area (Å²) in [6.45, 7) is 0.598. The molecular formula is C12H12N4OS2. The van der Waals surface area contributed by atoms with Crippen LogP contribution in [0.2, 0.25) is 0 Å². The Hall–Kier alpha value is -1.57. The molecule has 0 bridgehead atoms. The second-order valence-corrected chi connectivity index (χ2v) is 5.91. The van der Waals surface area contributed by atoms with Gasteiger partial charge >= 0.3 is 0 Å². The van der Waals surface area contributed by atoms with Gasteiger partial charge in [-0.1, -0.05) is 11.2 Å². The van der Waals surface area contributed by atoms with Gasteiger partial charge in [-0.3, -0.25) is 0 Å². The minimum atomic E-state index is 0.478. The van der Waals surface area contributed by atoms with Crippen molar-refractivity contribution >= 4 is 22.7 Å². The second-order valence-electron chi connectivity index (χ2n) is 3.94. The maximum absolute atomic E-state index is 5.50. The van der Waals surface area contributed by atoms with E-state index in [9.17, 15) is 0 Å². The predicted molar refractivity (Wildman–Crippen MR) is 75.3 cm³/mol. The highest BCUT2D eigenvalue weighted by Gasteiger charge is 2.13. The van der Waals surface area contributed by atoms with Crippen LogP contribution in [0.15, 0.2) is 27.4 Å². The Bertz CT molecular complexity index is 644. The van der Waals surface area contributed by atoms with E-state index in [0.29, 0.717) is 24.7 Å². The van der Waals surface area contributed by atoms with Crippen molar-refractivity contribution in [3.63, 3.8) is 0 Å². The van der Waals surface area contributed by atoms with Gasteiger partial charge in [0.05, 0.1) is 5.01 Å². The summed E-state index contributed by atoms with van der Waals surface area (Å²) in [7, 11) is 0. The molecule has 0 aliphatic heterocycles. The summed E-state index contributed by atoms with van der Waals surface area (Å²) in [4.78, 5) is 10.0. The van der Waals surface area contributed by atoms with E-state index < -0.39 is 0 Å². The fourth-order valence-corrected chi connectivity index (χ4v) is 3.14. The molecule has 0 aromatic carbocycles. The van der Waals surface area contributed by atoms with Crippen LogP contribution >= 0.6 is 22.7 Å². The highest BCUT2D eigenvalue weighted by atomic mass is 32.1. The van der Waals surface area contributed by atoms with Crippen LogP contribution in [0.3, 0.4) is 0 Å². The van der Waals surface area contributed by atoms with Crippen LogP contribution in [0.25, 0.3) is 11.6 Å². The Labute approximate surface area is 118 Å². The maximum Gasteiger partial charge on any atom is 0.277 e. The van der Waals surface area contributed by atoms with Crippen LogP contribution in [0.4, 0.5) is 0 Å². The number of nitrogens with two attached hydrogens (primary N) is 1. The molecule has 3 heterocycles. The van der Waals surface area contributed by atoms with Crippen LogP contribution in [-0.2, 0) is 12.8 Å². The molecule has 3 rings (SSSR count). The molecule has 7 heteroatoms. The van der Waals surface area contributed by atoms with Gasteiger partial charge in [-0.2, -0.15) is 4.98 Å². The topological polar surface area (TPSA) is 77.8 Å². The average Bonchev–Trinajstić information content (AvgIpc) is 3.10. The first-order chi connectivity index (χ1) is 9.35. The molecule has 3 aromatic heterocycles. The Morgan fingerprint density at radius 1 is 1.26 bits per heavy atom. The minimum absolute atomic E-state index is 0.478. The van der Waals surface area contributed by atoms with Crippen LogP contribution in [-0.4, -0.2) is 21.7 Å². The lowest BCUT2D eigenvalue weighted by molar-refractivity contribution is 0.423. The normalized spacial score (nSPS) is 11.0. The molecule has 0 radical (unpaired) electrons. The van der Waals surface area contributed by atoms with E-state index in [1.54, 1.807) is 22.7 Å². The van der Waals surface area contributed by atoms with Crippen molar-refractivity contribution in [3.05, 3.63) is 38.6 Å². The number of thiazole rings is 1. The zero-order valence-electron chi connectivity index (χ0n) is 10.1. The van der Waals surface area contributed by atoms with Crippen molar-refractivity contribution in [3.8, 4) is 11.6 Å². The number of nitrogens with zero attached hydrogens (tertiary/aromatic N) is 3. The average molecular weight is 292 g/mol. The van der Waals surface area contributed by atoms with E-state index >= 15 is 0 Å². The van der Waals surface area contributed by atoms with Gasteiger partial charge in [0.15, 0.2) is 5.82 Å². The smallest absolute Gasteiger partial charge is 0.277 e. The fourth-order valence-electron chi connectivity index (χ4n) is 1.65. The first-order valence-electron chi connectivity index (χ1n) is 5.85. The summed E-state index contributed by atoms with van der Waals surface area (Å²) in [5.41, 5.74) is 6.24. The van der Waals surface area contributed by atoms with Crippen molar-refractivity contribution in [2.45, 2.75) is 12.8 Å². The first kappa shape index (κ1) is 12.5. The van der Waals surface area contributed by atoms with E-state index in [4.69, 9.17) is 10.3 Å². The maximum atomic E-state index is 5.50. The third-order valence-electron chi connectivity index (χ3n) is 2.51. The van der Waals surface area contributed by atoms with Crippen LogP contribution in [0, 0.1) is 0 Å². The van der Waals surface area contributed by atoms with Gasteiger partial charge in [0.25, 0.3) is 5.89 Å². The van der Waals surface area contributed by atoms with Crippen LogP contribution in [0.5, 0.6) is 0 Å². The van der Waals surface area contributed by atoms with Crippen molar-refractivity contribution in [1.29, 1.82) is 0 Å². The summed E-state index contributed by atoms with van der Waals surface area (Å²) in [6.07, 6.45) is 1.47. The molecule has 5 nitrogen and oxygen atoms in total. The monoisotopic (exact) mass is 292 g/mol. The summed E-state index contributed by atoms with van der Waals surface area (Å²) >= 11 is 3.25. The molecule has 19 heavy (non-hydrogen) atoms. The lowest BCUT2D eigenvalue weighted by Gasteiger charge is -1.88. The Morgan fingerprint density at radius 3 is 3.00 bits per heavy atom. The van der Waals surface area contributed by atoms with Gasteiger partial charge in [0, 0.05) is 23.1 Å². The van der Waals surface area contributed by atoms with Crippen molar-refractivity contribution < 1.29 is 4.52 Å². The summed E-state index contributed by atoms with van der Waals surface area (Å²) in [5, 5.41) is 8.94. The third kappa shape index (κ3) is 2.89. The van der Waals surface area contributed by atoms with Gasteiger partial charge in [-0.25, -0.2) is 4.98 Å². The molecule has 0 spiro atoms. The van der Waals surface area contributed by atoms with Crippen molar-refractivity contribution in [2.24, 2.45) is 5.73 Å². The van der Waals surface area contributed by atoms with Crippen LogP contribution < -0.4 is 5.73 Å². The zero-order valence-corrected chi connectivity index (χ0v) is 11.7. The van der Waals surface area contributed by atoms with E-state index in [1.165, 1.54) is 4.88 Å². The first-order valence-corrected chi connectivity index (χ1v) is 7.61. The third-order valence-corrected chi connectivity index (χ3v) is 4.29. The molecule has 0 aliphatic carbocycles. The van der Waals surface area contributed by atoms with E-state index in [1.807, 2.05) is 16.8 Å². The molecule has 0 saturated carbocycles. The number of hydrogen-bond donors (Lipinski definition) is 1. The molecule has 98 valence electrons. The SMILES string of the molecule is NCCc1nc(-c2nc(Cc3cccs3)no2)cs1. The standard InChI is InChI=1S/C12H12N4OS2/c13-4-3-11-14-9(7-19-11)12-15-10(16-17-12)6-8-2-1-5-18-8/h1-2,5,7H,3-4,6,13H2. The van der Waals surface area contributed by atoms with Gasteiger partial charge in [-0.05, 0) is 18.0 Å². The Kier molecular flexibility index (Phi) is 3.67. The molecule has 3 aromatic rings. The number of rotatable bonds is 5. The number of hydrogen-bond acceptors (Lipinski definition) is 7. The summed E-state index contributed by atoms with van der Waals surface area (Å²) < 4.78 is 5.25. The molecule has 0 amide bonds. The fraction of sp³-hybridized carbons (Fsp3) is 0.250. The predicted octanol–water partition coefficient (Wildman–Crippen LogP) is 2.35. The highest BCUT2D eigenvalue weighted by Crippen LogP contribution is 2.21. The van der Waals surface area contributed by atoms with E-state index in [2.05, 4.69) is 21.2 Å². The van der Waals surface area contributed by atoms with Crippen molar-refractivity contribution in [2.75, 3.05) is 6.54 Å². The Balaban J connectivity index is 1.76. The quantitative estimate of drug-likeness (QED) is 0.781. The molecule has 0 aliphatic rings. The minimum Gasteiger partial charge on any atom is -0.332 e. The molecule has 0 fully saturated rings. The zero-order chi connectivity index (χ0) is 13.1. The molecule has 0 unspecified atom stereocenters. The lowest BCUT2D eigenvalue weighted by Crippen LogP contribution is -2.01. The van der Waals surface area contributed by atoms with Crippen molar-refractivity contribution in [1.82, 2.24) is 15.1 Å². The molecular weight excluding hydrogens is 280 g/mol. The van der Waals surface area contributed by atoms with E-state index in [0.717, 1.165) is 17.1 Å². The van der Waals surface area contributed by atoms with Gasteiger partial charge in [-0.15, -0.1) is 22.7 Å². The Morgan fingerprint density at radius 2 is 2.21 bits per heavy atom.